The van der Waals surface area contributed by atoms with Crippen molar-refractivity contribution in [3.05, 3.63) is 0 Å². The van der Waals surface area contributed by atoms with Crippen LogP contribution in [0.3, 0.4) is 0 Å². The van der Waals surface area contributed by atoms with Crippen LogP contribution in [0.15, 0.2) is 0 Å². The topological polar surface area (TPSA) is 15.7 Å². The van der Waals surface area contributed by atoms with Gasteiger partial charge in [-0.1, -0.05) is 24.0 Å². The van der Waals surface area contributed by atoms with Crippen LogP contribution >= 0.6 is 24.0 Å². The van der Waals surface area contributed by atoms with Gasteiger partial charge in [0.15, 0.2) is 0 Å². The summed E-state index contributed by atoms with van der Waals surface area (Å²) in [7, 11) is 0. The van der Waals surface area contributed by atoms with Gasteiger partial charge in [-0.15, -0.1) is 0 Å². The van der Waals surface area contributed by atoms with E-state index in [4.69, 9.17) is 17.0 Å². The first-order valence-corrected chi connectivity index (χ1v) is 6.47. The minimum absolute atomic E-state index is 0.888. The first-order chi connectivity index (χ1) is 6.86. The van der Waals surface area contributed by atoms with E-state index < -0.39 is 0 Å². The van der Waals surface area contributed by atoms with Crippen molar-refractivity contribution in [1.82, 2.24) is 9.80 Å². The van der Waals surface area contributed by atoms with Gasteiger partial charge in [0, 0.05) is 38.5 Å². The highest BCUT2D eigenvalue weighted by atomic mass is 32.2. The zero-order valence-electron chi connectivity index (χ0n) is 8.28. The molecule has 2 fully saturated rings. The molecular formula is C9H16N2OS2. The Morgan fingerprint density at radius 2 is 2.00 bits per heavy atom. The molecule has 0 saturated carbocycles. The van der Waals surface area contributed by atoms with Crippen LogP contribution in [0.5, 0.6) is 0 Å². The summed E-state index contributed by atoms with van der Waals surface area (Å²) < 4.78 is 6.39. The van der Waals surface area contributed by atoms with Crippen molar-refractivity contribution in [1.29, 1.82) is 0 Å². The molecule has 14 heavy (non-hydrogen) atoms. The highest BCUT2D eigenvalue weighted by Crippen LogP contribution is 2.17. The lowest BCUT2D eigenvalue weighted by Gasteiger charge is -2.28. The molecule has 2 saturated heterocycles. The summed E-state index contributed by atoms with van der Waals surface area (Å²) in [4.78, 5) is 4.77. The predicted octanol–water partition coefficient (Wildman–Crippen LogP) is 0.652. The van der Waals surface area contributed by atoms with Crippen molar-refractivity contribution < 1.29 is 4.74 Å². The molecule has 0 bridgehead atoms. The van der Waals surface area contributed by atoms with Crippen LogP contribution in [0.1, 0.15) is 0 Å². The molecule has 0 aliphatic carbocycles. The zero-order valence-corrected chi connectivity index (χ0v) is 9.91. The molecule has 0 aromatic carbocycles. The fourth-order valence-corrected chi connectivity index (χ4v) is 3.00. The van der Waals surface area contributed by atoms with Crippen LogP contribution in [0.25, 0.3) is 0 Å². The predicted molar refractivity (Wildman–Crippen MR) is 63.9 cm³/mol. The molecule has 0 aromatic rings. The minimum atomic E-state index is 0.888. The van der Waals surface area contributed by atoms with Crippen molar-refractivity contribution in [2.75, 3.05) is 51.7 Å². The SMILES string of the molecule is S=C1SCCN1CCN1CCOCC1. The molecule has 0 atom stereocenters. The second-order valence-electron chi connectivity index (χ2n) is 3.56. The molecular weight excluding hydrogens is 216 g/mol. The smallest absolute Gasteiger partial charge is 0.136 e. The van der Waals surface area contributed by atoms with Crippen LogP contribution < -0.4 is 0 Å². The van der Waals surface area contributed by atoms with E-state index >= 15 is 0 Å². The van der Waals surface area contributed by atoms with Gasteiger partial charge in [-0.2, -0.15) is 0 Å². The zero-order chi connectivity index (χ0) is 9.80. The van der Waals surface area contributed by atoms with Crippen LogP contribution in [0.4, 0.5) is 0 Å². The lowest BCUT2D eigenvalue weighted by atomic mass is 10.4. The lowest BCUT2D eigenvalue weighted by molar-refractivity contribution is 0.0363. The normalized spacial score (nSPS) is 24.6. The van der Waals surface area contributed by atoms with Gasteiger partial charge in [0.05, 0.1) is 13.2 Å². The molecule has 0 unspecified atom stereocenters. The van der Waals surface area contributed by atoms with E-state index in [1.54, 1.807) is 11.8 Å². The van der Waals surface area contributed by atoms with Gasteiger partial charge in [0.1, 0.15) is 4.32 Å². The number of hydrogen-bond donors (Lipinski definition) is 0. The molecule has 0 radical (unpaired) electrons. The summed E-state index contributed by atoms with van der Waals surface area (Å²) in [6, 6.07) is 0. The fourth-order valence-electron chi connectivity index (χ4n) is 1.72. The monoisotopic (exact) mass is 232 g/mol. The molecule has 2 heterocycles. The summed E-state index contributed by atoms with van der Waals surface area (Å²) in [6.07, 6.45) is 0. The summed E-state index contributed by atoms with van der Waals surface area (Å²) >= 11 is 7.06. The van der Waals surface area contributed by atoms with E-state index in [0.717, 1.165) is 50.3 Å². The number of hydrogen-bond acceptors (Lipinski definition) is 4. The maximum Gasteiger partial charge on any atom is 0.136 e. The quantitative estimate of drug-likeness (QED) is 0.662. The molecule has 5 heteroatoms. The Labute approximate surface area is 94.8 Å². The van der Waals surface area contributed by atoms with Gasteiger partial charge in [-0.3, -0.25) is 4.90 Å². The second-order valence-corrected chi connectivity index (χ2v) is 5.28. The third kappa shape index (κ3) is 2.82. The Bertz CT molecular complexity index is 207. The van der Waals surface area contributed by atoms with E-state index in [0.29, 0.717) is 0 Å². The number of thioether (sulfide) groups is 1. The largest absolute Gasteiger partial charge is 0.379 e. The molecule has 0 aromatic heterocycles. The van der Waals surface area contributed by atoms with Crippen molar-refractivity contribution in [3.63, 3.8) is 0 Å². The Morgan fingerprint density at radius 3 is 2.64 bits per heavy atom. The maximum absolute atomic E-state index is 5.31. The highest BCUT2D eigenvalue weighted by Gasteiger charge is 2.18. The molecule has 0 spiro atoms. The maximum atomic E-state index is 5.31. The van der Waals surface area contributed by atoms with Gasteiger partial charge in [0.2, 0.25) is 0 Å². The number of rotatable bonds is 3. The minimum Gasteiger partial charge on any atom is -0.379 e. The van der Waals surface area contributed by atoms with Crippen LogP contribution in [-0.2, 0) is 4.74 Å². The average Bonchev–Trinajstić information content (AvgIpc) is 2.63. The number of thiocarbonyl (C=S) groups is 1. The number of morpholine rings is 1. The summed E-state index contributed by atoms with van der Waals surface area (Å²) in [6.45, 7) is 7.28. The third-order valence-corrected chi connectivity index (χ3v) is 4.14. The second kappa shape index (κ2) is 5.30. The third-order valence-electron chi connectivity index (χ3n) is 2.63. The van der Waals surface area contributed by atoms with Gasteiger partial charge in [-0.05, 0) is 0 Å². The van der Waals surface area contributed by atoms with Gasteiger partial charge in [-0.25, -0.2) is 0 Å². The van der Waals surface area contributed by atoms with Gasteiger partial charge < -0.3 is 9.64 Å². The summed E-state index contributed by atoms with van der Waals surface area (Å²) in [5.41, 5.74) is 0. The van der Waals surface area contributed by atoms with E-state index in [-0.39, 0.29) is 0 Å². The molecule has 3 nitrogen and oxygen atoms in total. The molecule has 0 amide bonds. The average molecular weight is 232 g/mol. The van der Waals surface area contributed by atoms with E-state index in [1.165, 1.54) is 5.75 Å². The van der Waals surface area contributed by atoms with Crippen molar-refractivity contribution in [3.8, 4) is 0 Å². The Kier molecular flexibility index (Phi) is 4.04. The van der Waals surface area contributed by atoms with Crippen molar-refractivity contribution in [2.45, 2.75) is 0 Å². The van der Waals surface area contributed by atoms with Crippen molar-refractivity contribution >= 4 is 28.3 Å². The van der Waals surface area contributed by atoms with Gasteiger partial charge >= 0.3 is 0 Å². The summed E-state index contributed by atoms with van der Waals surface area (Å²) in [5.74, 6) is 1.17. The molecule has 2 aliphatic heterocycles. The standard InChI is InChI=1S/C9H16N2OS2/c13-9-11(5-8-14-9)2-1-10-3-6-12-7-4-10/h1-8H2. The van der Waals surface area contributed by atoms with Crippen molar-refractivity contribution in [2.24, 2.45) is 0 Å². The Balaban J connectivity index is 1.68. The molecule has 80 valence electrons. The van der Waals surface area contributed by atoms with Crippen LogP contribution in [0.2, 0.25) is 0 Å². The lowest BCUT2D eigenvalue weighted by Crippen LogP contribution is -2.41. The fraction of sp³-hybridized carbons (Fsp3) is 0.889. The van der Waals surface area contributed by atoms with E-state index in [2.05, 4.69) is 9.80 Å². The van der Waals surface area contributed by atoms with E-state index in [1.807, 2.05) is 0 Å². The Hall–Kier alpha value is 0.160. The molecule has 2 aliphatic rings. The van der Waals surface area contributed by atoms with Crippen LogP contribution in [-0.4, -0.2) is 65.8 Å². The molecule has 2 rings (SSSR count). The van der Waals surface area contributed by atoms with E-state index in [9.17, 15) is 0 Å². The Morgan fingerprint density at radius 1 is 1.21 bits per heavy atom. The number of nitrogens with zero attached hydrogens (tertiary/aromatic N) is 2. The van der Waals surface area contributed by atoms with Gasteiger partial charge in [0.25, 0.3) is 0 Å². The first-order valence-electron chi connectivity index (χ1n) is 5.08. The highest BCUT2D eigenvalue weighted by molar-refractivity contribution is 8.23. The first kappa shape index (κ1) is 10.7. The van der Waals surface area contributed by atoms with Crippen LogP contribution in [0, 0.1) is 0 Å². The summed E-state index contributed by atoms with van der Waals surface area (Å²) in [5, 5.41) is 0. The number of ether oxygens (including phenoxy) is 1. The molecule has 0 N–H and O–H groups in total.